The van der Waals surface area contributed by atoms with Crippen molar-refractivity contribution in [1.82, 2.24) is 0 Å². The third kappa shape index (κ3) is 50.1. The third-order valence-electron chi connectivity index (χ3n) is 10.3. The Labute approximate surface area is 404 Å². The molecule has 0 amide bonds. The first kappa shape index (κ1) is 62.7. The molecule has 9 nitrogen and oxygen atoms in total. The van der Waals surface area contributed by atoms with Crippen molar-refractivity contribution in [3.8, 4) is 0 Å². The van der Waals surface area contributed by atoms with Gasteiger partial charge in [-0.2, -0.15) is 0 Å². The molecule has 2 atom stereocenters. The van der Waals surface area contributed by atoms with Crippen molar-refractivity contribution < 1.29 is 42.1 Å². The number of hydrogen-bond donors (Lipinski definition) is 1. The van der Waals surface area contributed by atoms with Gasteiger partial charge in [0, 0.05) is 12.8 Å². The van der Waals surface area contributed by atoms with Crippen LogP contribution in [0.15, 0.2) is 109 Å². The van der Waals surface area contributed by atoms with Gasteiger partial charge in [-0.1, -0.05) is 181 Å². The van der Waals surface area contributed by atoms with Crippen LogP contribution < -0.4 is 0 Å². The third-order valence-corrected chi connectivity index (χ3v) is 11.3. The van der Waals surface area contributed by atoms with Crippen LogP contribution in [0.3, 0.4) is 0 Å². The Bertz CT molecular complexity index is 1480. The van der Waals surface area contributed by atoms with E-state index in [-0.39, 0.29) is 26.1 Å². The molecule has 0 aromatic carbocycles. The second kappa shape index (κ2) is 46.8. The molecule has 0 fully saturated rings. The number of hydrogen-bond acceptors (Lipinski definition) is 7. The molecule has 0 spiro atoms. The number of esters is 2. The normalized spacial score (nSPS) is 14.3. The zero-order valence-electron chi connectivity index (χ0n) is 42.4. The lowest BCUT2D eigenvalue weighted by Crippen LogP contribution is -2.37. The number of phosphoric acid groups is 1. The van der Waals surface area contributed by atoms with E-state index in [0.717, 1.165) is 103 Å². The van der Waals surface area contributed by atoms with Crippen LogP contribution in [-0.4, -0.2) is 74.9 Å². The maximum atomic E-state index is 12.8. The lowest BCUT2D eigenvalue weighted by Gasteiger charge is -2.24. The van der Waals surface area contributed by atoms with E-state index >= 15 is 0 Å². The maximum absolute atomic E-state index is 12.8. The van der Waals surface area contributed by atoms with Crippen molar-refractivity contribution in [2.75, 3.05) is 47.5 Å². The Morgan fingerprint density at radius 2 is 0.818 bits per heavy atom. The van der Waals surface area contributed by atoms with Gasteiger partial charge < -0.3 is 18.9 Å². The van der Waals surface area contributed by atoms with Gasteiger partial charge in [0.05, 0.1) is 27.7 Å². The minimum absolute atomic E-state index is 0.0201. The molecule has 2 unspecified atom stereocenters. The van der Waals surface area contributed by atoms with Crippen molar-refractivity contribution in [3.05, 3.63) is 109 Å². The summed E-state index contributed by atoms with van der Waals surface area (Å²) in [5, 5.41) is 0. The summed E-state index contributed by atoms with van der Waals surface area (Å²) in [5.41, 5.74) is 0. The lowest BCUT2D eigenvalue weighted by molar-refractivity contribution is -0.870. The Balaban J connectivity index is 4.23. The van der Waals surface area contributed by atoms with Crippen LogP contribution in [-0.2, 0) is 32.7 Å². The molecule has 376 valence electrons. The molecule has 0 saturated heterocycles. The minimum atomic E-state index is -4.39. The van der Waals surface area contributed by atoms with Crippen LogP contribution in [0.25, 0.3) is 0 Å². The largest absolute Gasteiger partial charge is 0.472 e. The van der Waals surface area contributed by atoms with Crippen molar-refractivity contribution in [2.24, 2.45) is 0 Å². The van der Waals surface area contributed by atoms with Gasteiger partial charge in [0.15, 0.2) is 6.10 Å². The van der Waals surface area contributed by atoms with E-state index in [1.807, 2.05) is 21.1 Å². The summed E-state index contributed by atoms with van der Waals surface area (Å²) in [6, 6.07) is 0. The fraction of sp³-hybridized carbons (Fsp3) is 0.643. The topological polar surface area (TPSA) is 108 Å². The van der Waals surface area contributed by atoms with E-state index < -0.39 is 32.5 Å². The summed E-state index contributed by atoms with van der Waals surface area (Å²) in [6.45, 7) is 4.14. The lowest BCUT2D eigenvalue weighted by atomic mass is 10.0. The monoisotopic (exact) mass is 941 g/mol. The first-order chi connectivity index (χ1) is 32.0. The summed E-state index contributed by atoms with van der Waals surface area (Å²) in [6.07, 6.45) is 64.4. The van der Waals surface area contributed by atoms with E-state index in [4.69, 9.17) is 18.5 Å². The SMILES string of the molecule is CC/C=C\C/C=C\C/C=C\C/C=C\C/C=C\C/C=C\CCCCCCCCCCCCC(=O)OC(COC(=O)CCCCC/C=C\C/C=C\C/C=C\CC)COP(=O)(O)OCC[N+](C)(C)C. The van der Waals surface area contributed by atoms with Gasteiger partial charge in [-0.05, 0) is 96.3 Å². The van der Waals surface area contributed by atoms with Crippen molar-refractivity contribution in [1.29, 1.82) is 0 Å². The highest BCUT2D eigenvalue weighted by Crippen LogP contribution is 2.43. The van der Waals surface area contributed by atoms with Crippen molar-refractivity contribution >= 4 is 19.8 Å². The van der Waals surface area contributed by atoms with Gasteiger partial charge in [-0.15, -0.1) is 0 Å². The fourth-order valence-electron chi connectivity index (χ4n) is 6.38. The highest BCUT2D eigenvalue weighted by atomic mass is 31.2. The number of allylic oxidation sites excluding steroid dienone is 18. The first-order valence-corrected chi connectivity index (χ1v) is 27.1. The average molecular weight is 941 g/mol. The van der Waals surface area contributed by atoms with Gasteiger partial charge in [-0.25, -0.2) is 4.57 Å². The van der Waals surface area contributed by atoms with Gasteiger partial charge >= 0.3 is 19.8 Å². The number of unbranched alkanes of at least 4 members (excludes halogenated alkanes) is 13. The number of carbonyl (C=O) groups excluding carboxylic acids is 2. The molecule has 0 radical (unpaired) electrons. The zero-order valence-corrected chi connectivity index (χ0v) is 43.3. The molecule has 0 saturated carbocycles. The minimum Gasteiger partial charge on any atom is -0.462 e. The number of carbonyl (C=O) groups is 2. The quantitative estimate of drug-likeness (QED) is 0.0211. The van der Waals surface area contributed by atoms with Crippen molar-refractivity contribution in [2.45, 2.75) is 187 Å². The molecule has 0 aliphatic heterocycles. The summed E-state index contributed by atoms with van der Waals surface area (Å²) < 4.78 is 34.4. The van der Waals surface area contributed by atoms with E-state index in [0.29, 0.717) is 23.9 Å². The fourth-order valence-corrected chi connectivity index (χ4v) is 7.13. The number of likely N-dealkylation sites (N-methyl/N-ethyl adjacent to an activating group) is 1. The highest BCUT2D eigenvalue weighted by molar-refractivity contribution is 7.47. The predicted molar refractivity (Wildman–Crippen MR) is 279 cm³/mol. The van der Waals surface area contributed by atoms with E-state index in [1.54, 1.807) is 0 Å². The highest BCUT2D eigenvalue weighted by Gasteiger charge is 2.27. The molecule has 0 aromatic rings. The number of nitrogens with zero attached hydrogens (tertiary/aromatic N) is 1. The number of ether oxygens (including phenoxy) is 2. The first-order valence-electron chi connectivity index (χ1n) is 25.6. The second-order valence-electron chi connectivity index (χ2n) is 17.8. The molecule has 0 bridgehead atoms. The molecular weight excluding hydrogens is 846 g/mol. The van der Waals surface area contributed by atoms with Crippen LogP contribution in [0.5, 0.6) is 0 Å². The smallest absolute Gasteiger partial charge is 0.462 e. The Morgan fingerprint density at radius 1 is 0.470 bits per heavy atom. The van der Waals surface area contributed by atoms with E-state index in [1.165, 1.54) is 38.5 Å². The van der Waals surface area contributed by atoms with Crippen molar-refractivity contribution in [3.63, 3.8) is 0 Å². The standard InChI is InChI=1S/C56H94NO8P/c1-6-8-10-12-14-16-18-20-21-22-23-24-25-26-27-28-29-30-31-32-33-34-35-37-39-41-43-45-47-49-56(59)65-54(53-64-66(60,61)63-51-50-57(3,4)5)52-62-55(58)48-46-44-42-40-38-36-19-17-15-13-11-9-7-2/h8-11,14-17,20-21,23-24,26-27,29-30,36,38,54H,6-7,12-13,18-19,22,25,28,31-35,37,39-53H2,1-5H3/p+1/b10-8-,11-9-,16-14-,17-15-,21-20-,24-23-,27-26-,30-29-,38-36-. The molecule has 0 aliphatic rings. The Hall–Kier alpha value is -3.33. The van der Waals surface area contributed by atoms with Crippen LogP contribution in [0, 0.1) is 0 Å². The molecule has 0 rings (SSSR count). The van der Waals surface area contributed by atoms with E-state index in [9.17, 15) is 19.0 Å². The van der Waals surface area contributed by atoms with Crippen LogP contribution in [0.4, 0.5) is 0 Å². The van der Waals surface area contributed by atoms with Gasteiger partial charge in [0.25, 0.3) is 0 Å². The number of phosphoric ester groups is 1. The molecule has 66 heavy (non-hydrogen) atoms. The Morgan fingerprint density at radius 3 is 1.23 bits per heavy atom. The summed E-state index contributed by atoms with van der Waals surface area (Å²) in [4.78, 5) is 35.5. The van der Waals surface area contributed by atoms with Crippen LogP contribution >= 0.6 is 7.82 Å². The van der Waals surface area contributed by atoms with Gasteiger partial charge in [0.1, 0.15) is 19.8 Å². The Kier molecular flexibility index (Phi) is 44.4. The van der Waals surface area contributed by atoms with Crippen LogP contribution in [0.2, 0.25) is 0 Å². The molecule has 1 N–H and O–H groups in total. The molecule has 0 heterocycles. The zero-order chi connectivity index (χ0) is 48.5. The number of rotatable bonds is 45. The summed E-state index contributed by atoms with van der Waals surface area (Å²) in [7, 11) is 1.44. The molecule has 0 aromatic heterocycles. The van der Waals surface area contributed by atoms with Gasteiger partial charge in [-0.3, -0.25) is 18.6 Å². The summed E-state index contributed by atoms with van der Waals surface area (Å²) >= 11 is 0. The van der Waals surface area contributed by atoms with Crippen LogP contribution in [0.1, 0.15) is 181 Å². The second-order valence-corrected chi connectivity index (χ2v) is 19.2. The maximum Gasteiger partial charge on any atom is 0.472 e. The number of quaternary nitrogens is 1. The molecular formula is C56H95NO8P+. The van der Waals surface area contributed by atoms with E-state index in [2.05, 4.69) is 123 Å². The summed E-state index contributed by atoms with van der Waals surface area (Å²) in [5.74, 6) is -0.847. The molecule has 10 heteroatoms. The predicted octanol–water partition coefficient (Wildman–Crippen LogP) is 15.5. The average Bonchev–Trinajstić information content (AvgIpc) is 3.27. The van der Waals surface area contributed by atoms with Gasteiger partial charge in [0.2, 0.25) is 0 Å². The molecule has 0 aliphatic carbocycles.